The average Bonchev–Trinajstić information content (AvgIpc) is 2.99. The van der Waals surface area contributed by atoms with E-state index in [1.54, 1.807) is 6.07 Å². The summed E-state index contributed by atoms with van der Waals surface area (Å²) in [6, 6.07) is 7.75. The lowest BCUT2D eigenvalue weighted by molar-refractivity contribution is -0.132. The molecule has 1 N–H and O–H groups in total. The number of hydrogen-bond donors (Lipinski definition) is 1. The highest BCUT2D eigenvalue weighted by molar-refractivity contribution is 7.92. The van der Waals surface area contributed by atoms with E-state index in [2.05, 4.69) is 4.98 Å². The summed E-state index contributed by atoms with van der Waals surface area (Å²) in [6.07, 6.45) is 3.50. The maximum absolute atomic E-state index is 12.8. The van der Waals surface area contributed by atoms with Gasteiger partial charge in [-0.15, -0.1) is 0 Å². The summed E-state index contributed by atoms with van der Waals surface area (Å²) in [6.45, 7) is 1.78. The third-order valence-electron chi connectivity index (χ3n) is 3.91. The van der Waals surface area contributed by atoms with Gasteiger partial charge in [-0.05, 0) is 60.9 Å². The first kappa shape index (κ1) is 17.4. The molecule has 8 heteroatoms. The van der Waals surface area contributed by atoms with Crippen LogP contribution in [0.25, 0.3) is 6.08 Å². The van der Waals surface area contributed by atoms with Crippen LogP contribution < -0.4 is 4.31 Å². The fourth-order valence-corrected chi connectivity index (χ4v) is 4.20. The fourth-order valence-electron chi connectivity index (χ4n) is 2.62. The van der Waals surface area contributed by atoms with Crippen molar-refractivity contribution in [2.24, 2.45) is 0 Å². The van der Waals surface area contributed by atoms with E-state index in [0.29, 0.717) is 29.4 Å². The van der Waals surface area contributed by atoms with Gasteiger partial charge >= 0.3 is 5.97 Å². The smallest absolute Gasteiger partial charge is 0.331 e. The standard InChI is InChI=1S/C17H15ClN2O4S/c1-11(17(21)22)8-12-9-13-6-7-20(16(13)19-10-12)25(23,24)15-4-2-14(18)3-5-15/h2-5,8-10H,6-7H2,1H3,(H,21,22). The number of nitrogens with zero attached hydrogens (tertiary/aromatic N) is 2. The molecule has 2 aromatic rings. The number of carbonyl (C=O) groups is 1. The van der Waals surface area contributed by atoms with Crippen LogP contribution in [0.1, 0.15) is 18.1 Å². The molecular formula is C17H15ClN2O4S. The minimum Gasteiger partial charge on any atom is -0.478 e. The summed E-state index contributed by atoms with van der Waals surface area (Å²) < 4.78 is 26.9. The summed E-state index contributed by atoms with van der Waals surface area (Å²) in [5, 5.41) is 9.41. The lowest BCUT2D eigenvalue weighted by Crippen LogP contribution is -2.29. The van der Waals surface area contributed by atoms with Crippen molar-refractivity contribution in [1.82, 2.24) is 4.98 Å². The third kappa shape index (κ3) is 3.38. The van der Waals surface area contributed by atoms with Gasteiger partial charge in [-0.25, -0.2) is 22.5 Å². The van der Waals surface area contributed by atoms with E-state index in [-0.39, 0.29) is 10.5 Å². The highest BCUT2D eigenvalue weighted by Crippen LogP contribution is 2.32. The Morgan fingerprint density at radius 1 is 1.32 bits per heavy atom. The molecule has 0 fully saturated rings. The van der Waals surface area contributed by atoms with E-state index in [0.717, 1.165) is 5.56 Å². The Morgan fingerprint density at radius 3 is 2.64 bits per heavy atom. The second kappa shape index (κ2) is 6.50. The van der Waals surface area contributed by atoms with E-state index in [1.165, 1.54) is 47.8 Å². The van der Waals surface area contributed by atoms with Crippen LogP contribution in [0.3, 0.4) is 0 Å². The van der Waals surface area contributed by atoms with Crippen molar-refractivity contribution in [1.29, 1.82) is 0 Å². The van der Waals surface area contributed by atoms with Gasteiger partial charge in [-0.1, -0.05) is 11.6 Å². The van der Waals surface area contributed by atoms with Crippen LogP contribution in [-0.4, -0.2) is 31.0 Å². The van der Waals surface area contributed by atoms with Crippen LogP contribution in [0.4, 0.5) is 5.82 Å². The molecule has 0 atom stereocenters. The topological polar surface area (TPSA) is 87.6 Å². The van der Waals surface area contributed by atoms with Gasteiger partial charge in [0.25, 0.3) is 10.0 Å². The first-order valence-corrected chi connectivity index (χ1v) is 9.29. The molecule has 0 bridgehead atoms. The molecule has 1 aliphatic rings. The number of aromatic nitrogens is 1. The Hall–Kier alpha value is -2.38. The molecule has 0 spiro atoms. The zero-order valence-electron chi connectivity index (χ0n) is 13.3. The van der Waals surface area contributed by atoms with Crippen molar-refractivity contribution >= 4 is 39.5 Å². The molecule has 3 rings (SSSR count). The molecule has 1 aromatic carbocycles. The summed E-state index contributed by atoms with van der Waals surface area (Å²) in [5.41, 5.74) is 1.58. The number of aliphatic carboxylic acids is 1. The molecule has 1 aliphatic heterocycles. The van der Waals surface area contributed by atoms with Crippen molar-refractivity contribution < 1.29 is 18.3 Å². The van der Waals surface area contributed by atoms with Crippen LogP contribution in [0.5, 0.6) is 0 Å². The van der Waals surface area contributed by atoms with Crippen LogP contribution in [0.2, 0.25) is 5.02 Å². The second-order valence-electron chi connectivity index (χ2n) is 5.66. The summed E-state index contributed by atoms with van der Waals surface area (Å²) in [5.74, 6) is -0.632. The fraction of sp³-hybridized carbons (Fsp3) is 0.176. The molecule has 0 saturated heterocycles. The quantitative estimate of drug-likeness (QED) is 0.826. The maximum atomic E-state index is 12.8. The summed E-state index contributed by atoms with van der Waals surface area (Å²) >= 11 is 5.82. The Bertz CT molecular complexity index is 969. The van der Waals surface area contributed by atoms with Gasteiger partial charge < -0.3 is 5.11 Å². The van der Waals surface area contributed by atoms with Gasteiger partial charge in [0.2, 0.25) is 0 Å². The predicted molar refractivity (Wildman–Crippen MR) is 95.2 cm³/mol. The van der Waals surface area contributed by atoms with Crippen molar-refractivity contribution in [3.63, 3.8) is 0 Å². The van der Waals surface area contributed by atoms with E-state index in [1.807, 2.05) is 0 Å². The molecule has 25 heavy (non-hydrogen) atoms. The van der Waals surface area contributed by atoms with Crippen molar-refractivity contribution in [3.05, 3.63) is 58.3 Å². The summed E-state index contributed by atoms with van der Waals surface area (Å²) in [7, 11) is -3.72. The van der Waals surface area contributed by atoms with Gasteiger partial charge in [-0.2, -0.15) is 0 Å². The highest BCUT2D eigenvalue weighted by Gasteiger charge is 2.32. The molecule has 0 aliphatic carbocycles. The van der Waals surface area contributed by atoms with E-state index in [9.17, 15) is 13.2 Å². The Morgan fingerprint density at radius 2 is 2.00 bits per heavy atom. The molecule has 0 amide bonds. The molecule has 130 valence electrons. The predicted octanol–water partition coefficient (Wildman–Crippen LogP) is 2.97. The average molecular weight is 379 g/mol. The van der Waals surface area contributed by atoms with Crippen LogP contribution >= 0.6 is 11.6 Å². The van der Waals surface area contributed by atoms with Crippen LogP contribution in [-0.2, 0) is 21.2 Å². The lowest BCUT2D eigenvalue weighted by Gasteiger charge is -2.18. The number of hydrogen-bond acceptors (Lipinski definition) is 4. The maximum Gasteiger partial charge on any atom is 0.331 e. The largest absolute Gasteiger partial charge is 0.478 e. The van der Waals surface area contributed by atoms with Crippen LogP contribution in [0, 0.1) is 0 Å². The van der Waals surface area contributed by atoms with Crippen molar-refractivity contribution in [2.75, 3.05) is 10.8 Å². The van der Waals surface area contributed by atoms with Crippen molar-refractivity contribution in [2.45, 2.75) is 18.2 Å². The number of anilines is 1. The van der Waals surface area contributed by atoms with Crippen molar-refractivity contribution in [3.8, 4) is 0 Å². The molecule has 2 heterocycles. The van der Waals surface area contributed by atoms with Gasteiger partial charge in [0.15, 0.2) is 0 Å². The zero-order chi connectivity index (χ0) is 18.2. The third-order valence-corrected chi connectivity index (χ3v) is 5.96. The first-order chi connectivity index (χ1) is 11.8. The number of rotatable bonds is 4. The van der Waals surface area contributed by atoms with Crippen LogP contribution in [0.15, 0.2) is 47.0 Å². The minimum atomic E-state index is -3.72. The van der Waals surface area contributed by atoms with E-state index >= 15 is 0 Å². The highest BCUT2D eigenvalue weighted by atomic mass is 35.5. The molecule has 1 aromatic heterocycles. The normalized spacial score (nSPS) is 14.5. The van der Waals surface area contributed by atoms with Gasteiger partial charge in [0, 0.05) is 23.3 Å². The number of sulfonamides is 1. The first-order valence-electron chi connectivity index (χ1n) is 7.48. The second-order valence-corrected chi connectivity index (χ2v) is 7.96. The molecule has 0 saturated carbocycles. The number of fused-ring (bicyclic) bond motifs is 1. The van der Waals surface area contributed by atoms with Gasteiger partial charge in [0.05, 0.1) is 4.90 Å². The molecule has 6 nitrogen and oxygen atoms in total. The Kier molecular flexibility index (Phi) is 4.53. The Balaban J connectivity index is 1.96. The molecule has 0 radical (unpaired) electrons. The summed E-state index contributed by atoms with van der Waals surface area (Å²) in [4.78, 5) is 15.3. The molecule has 0 unspecified atom stereocenters. The number of carboxylic acids is 1. The Labute approximate surface area is 150 Å². The number of pyridine rings is 1. The SMILES string of the molecule is CC(=Cc1cnc2c(c1)CCN2S(=O)(=O)c1ccc(Cl)cc1)C(=O)O. The minimum absolute atomic E-state index is 0.150. The number of benzene rings is 1. The van der Waals surface area contributed by atoms with Gasteiger partial charge in [0.1, 0.15) is 5.82 Å². The lowest BCUT2D eigenvalue weighted by atomic mass is 10.1. The monoisotopic (exact) mass is 378 g/mol. The number of carboxylic acid groups (broad SMARTS) is 1. The van der Waals surface area contributed by atoms with E-state index < -0.39 is 16.0 Å². The van der Waals surface area contributed by atoms with Gasteiger partial charge in [-0.3, -0.25) is 0 Å². The zero-order valence-corrected chi connectivity index (χ0v) is 14.9. The molecular weight excluding hydrogens is 364 g/mol. The number of halogens is 1. The van der Waals surface area contributed by atoms with E-state index in [4.69, 9.17) is 16.7 Å².